The highest BCUT2D eigenvalue weighted by Gasteiger charge is 2.24. The van der Waals surface area contributed by atoms with Crippen LogP contribution in [0.5, 0.6) is 5.75 Å². The molecule has 0 saturated heterocycles. The summed E-state index contributed by atoms with van der Waals surface area (Å²) < 4.78 is 5.43. The molecule has 104 valence electrons. The third kappa shape index (κ3) is 3.26. The lowest BCUT2D eigenvalue weighted by Crippen LogP contribution is -2.39. The van der Waals surface area contributed by atoms with Crippen LogP contribution in [0.4, 0.5) is 5.69 Å². The first-order valence-corrected chi connectivity index (χ1v) is 6.95. The SMILES string of the molecule is CCC(CCCN1C(=O)COc2ccccc21)NC. The van der Waals surface area contributed by atoms with Crippen molar-refractivity contribution in [2.45, 2.75) is 32.2 Å². The highest BCUT2D eigenvalue weighted by molar-refractivity contribution is 5.97. The molecule has 0 spiro atoms. The fourth-order valence-corrected chi connectivity index (χ4v) is 2.45. The lowest BCUT2D eigenvalue weighted by Gasteiger charge is -2.29. The molecule has 1 aliphatic heterocycles. The Kier molecular flexibility index (Phi) is 4.80. The minimum Gasteiger partial charge on any atom is -0.482 e. The average Bonchev–Trinajstić information content (AvgIpc) is 2.45. The van der Waals surface area contributed by atoms with Crippen LogP contribution in [0.2, 0.25) is 0 Å². The average molecular weight is 262 g/mol. The van der Waals surface area contributed by atoms with E-state index in [2.05, 4.69) is 12.2 Å². The first-order valence-electron chi connectivity index (χ1n) is 6.95. The van der Waals surface area contributed by atoms with Crippen molar-refractivity contribution in [2.75, 3.05) is 25.1 Å². The van der Waals surface area contributed by atoms with Crippen LogP contribution in [0, 0.1) is 0 Å². The Balaban J connectivity index is 1.98. The number of carbonyl (C=O) groups excluding carboxylic acids is 1. The fraction of sp³-hybridized carbons (Fsp3) is 0.533. The van der Waals surface area contributed by atoms with E-state index in [0.29, 0.717) is 6.04 Å². The smallest absolute Gasteiger partial charge is 0.265 e. The summed E-state index contributed by atoms with van der Waals surface area (Å²) in [7, 11) is 1.99. The van der Waals surface area contributed by atoms with Gasteiger partial charge in [0, 0.05) is 12.6 Å². The van der Waals surface area contributed by atoms with Crippen molar-refractivity contribution in [3.8, 4) is 5.75 Å². The minimum absolute atomic E-state index is 0.0520. The molecule has 0 radical (unpaired) electrons. The van der Waals surface area contributed by atoms with Crippen LogP contribution in [0.3, 0.4) is 0 Å². The van der Waals surface area contributed by atoms with Gasteiger partial charge in [0.05, 0.1) is 5.69 Å². The Morgan fingerprint density at radius 2 is 2.21 bits per heavy atom. The summed E-state index contributed by atoms with van der Waals surface area (Å²) in [5.74, 6) is 0.860. The molecule has 1 aliphatic rings. The van der Waals surface area contributed by atoms with Gasteiger partial charge in [-0.25, -0.2) is 0 Å². The predicted molar refractivity (Wildman–Crippen MR) is 76.7 cm³/mol. The van der Waals surface area contributed by atoms with Crippen LogP contribution in [-0.4, -0.2) is 32.1 Å². The maximum absolute atomic E-state index is 12.0. The van der Waals surface area contributed by atoms with Crippen LogP contribution in [0.15, 0.2) is 24.3 Å². The standard InChI is InChI=1S/C15H22N2O2/c1-3-12(16-2)7-6-10-17-13-8-4-5-9-14(13)19-11-15(17)18/h4-5,8-9,12,16H,3,6-7,10-11H2,1-2H3. The third-order valence-electron chi connectivity index (χ3n) is 3.64. The lowest BCUT2D eigenvalue weighted by molar-refractivity contribution is -0.121. The zero-order chi connectivity index (χ0) is 13.7. The van der Waals surface area contributed by atoms with Crippen molar-refractivity contribution in [3.05, 3.63) is 24.3 Å². The number of nitrogens with one attached hydrogen (secondary N) is 1. The molecular formula is C15H22N2O2. The molecule has 1 unspecified atom stereocenters. The molecule has 0 bridgehead atoms. The number of anilines is 1. The largest absolute Gasteiger partial charge is 0.482 e. The van der Waals surface area contributed by atoms with E-state index in [0.717, 1.165) is 37.2 Å². The van der Waals surface area contributed by atoms with Gasteiger partial charge < -0.3 is 15.0 Å². The van der Waals surface area contributed by atoms with Gasteiger partial charge in [0.1, 0.15) is 5.75 Å². The van der Waals surface area contributed by atoms with Crippen molar-refractivity contribution in [1.82, 2.24) is 5.32 Å². The molecule has 0 aromatic heterocycles. The van der Waals surface area contributed by atoms with E-state index in [9.17, 15) is 4.79 Å². The van der Waals surface area contributed by atoms with Crippen molar-refractivity contribution in [2.24, 2.45) is 0 Å². The number of hydrogen-bond acceptors (Lipinski definition) is 3. The summed E-state index contributed by atoms with van der Waals surface area (Å²) in [5, 5.41) is 3.29. The number of ether oxygens (including phenoxy) is 1. The number of benzene rings is 1. The van der Waals surface area contributed by atoms with Gasteiger partial charge in [0.15, 0.2) is 6.61 Å². The summed E-state index contributed by atoms with van der Waals surface area (Å²) in [4.78, 5) is 13.8. The number of amides is 1. The quantitative estimate of drug-likeness (QED) is 0.854. The Hall–Kier alpha value is -1.55. The lowest BCUT2D eigenvalue weighted by atomic mass is 10.1. The zero-order valence-electron chi connectivity index (χ0n) is 11.7. The number of nitrogens with zero attached hydrogens (tertiary/aromatic N) is 1. The summed E-state index contributed by atoms with van der Waals surface area (Å²) in [6.07, 6.45) is 3.20. The van der Waals surface area contributed by atoms with Gasteiger partial charge in [-0.05, 0) is 38.4 Å². The molecule has 1 aromatic carbocycles. The number of fused-ring (bicyclic) bond motifs is 1. The molecule has 0 saturated carbocycles. The molecule has 0 fully saturated rings. The minimum atomic E-state index is 0.0520. The monoisotopic (exact) mass is 262 g/mol. The van der Waals surface area contributed by atoms with Gasteiger partial charge in [0.25, 0.3) is 5.91 Å². The van der Waals surface area contributed by atoms with E-state index in [1.165, 1.54) is 0 Å². The number of para-hydroxylation sites is 2. The maximum Gasteiger partial charge on any atom is 0.265 e. The van der Waals surface area contributed by atoms with Crippen molar-refractivity contribution < 1.29 is 9.53 Å². The second-order valence-corrected chi connectivity index (χ2v) is 4.84. The van der Waals surface area contributed by atoms with E-state index >= 15 is 0 Å². The first kappa shape index (κ1) is 13.9. The molecule has 1 amide bonds. The number of hydrogen-bond donors (Lipinski definition) is 1. The van der Waals surface area contributed by atoms with Crippen molar-refractivity contribution >= 4 is 11.6 Å². The van der Waals surface area contributed by atoms with Crippen LogP contribution < -0.4 is 15.0 Å². The molecule has 1 N–H and O–H groups in total. The molecule has 2 rings (SSSR count). The summed E-state index contributed by atoms with van der Waals surface area (Å²) >= 11 is 0. The van der Waals surface area contributed by atoms with E-state index in [1.807, 2.05) is 36.2 Å². The molecule has 1 heterocycles. The second-order valence-electron chi connectivity index (χ2n) is 4.84. The highest BCUT2D eigenvalue weighted by Crippen LogP contribution is 2.31. The van der Waals surface area contributed by atoms with Crippen LogP contribution in [-0.2, 0) is 4.79 Å². The normalized spacial score (nSPS) is 15.9. The topological polar surface area (TPSA) is 41.6 Å². The van der Waals surface area contributed by atoms with E-state index in [-0.39, 0.29) is 12.5 Å². The van der Waals surface area contributed by atoms with Crippen molar-refractivity contribution in [1.29, 1.82) is 0 Å². The van der Waals surface area contributed by atoms with Gasteiger partial charge in [-0.3, -0.25) is 4.79 Å². The summed E-state index contributed by atoms with van der Waals surface area (Å²) in [5.41, 5.74) is 0.899. The molecule has 0 aliphatic carbocycles. The number of carbonyl (C=O) groups is 1. The van der Waals surface area contributed by atoms with Gasteiger partial charge >= 0.3 is 0 Å². The molecule has 4 heteroatoms. The molecule has 19 heavy (non-hydrogen) atoms. The van der Waals surface area contributed by atoms with Gasteiger partial charge in [-0.1, -0.05) is 19.1 Å². The molecule has 1 aromatic rings. The molecule has 1 atom stereocenters. The summed E-state index contributed by atoms with van der Waals surface area (Å²) in [6, 6.07) is 8.27. The molecular weight excluding hydrogens is 240 g/mol. The van der Waals surface area contributed by atoms with Crippen molar-refractivity contribution in [3.63, 3.8) is 0 Å². The first-order chi connectivity index (χ1) is 9.26. The van der Waals surface area contributed by atoms with Crippen LogP contribution >= 0.6 is 0 Å². The molecule has 4 nitrogen and oxygen atoms in total. The van der Waals surface area contributed by atoms with Gasteiger partial charge in [0.2, 0.25) is 0 Å². The Morgan fingerprint density at radius 3 is 2.95 bits per heavy atom. The Morgan fingerprint density at radius 1 is 1.42 bits per heavy atom. The second kappa shape index (κ2) is 6.57. The highest BCUT2D eigenvalue weighted by atomic mass is 16.5. The van der Waals surface area contributed by atoms with Crippen LogP contribution in [0.25, 0.3) is 0 Å². The Bertz CT molecular complexity index is 430. The predicted octanol–water partition coefficient (Wildman–Crippen LogP) is 2.19. The van der Waals surface area contributed by atoms with Gasteiger partial charge in [-0.2, -0.15) is 0 Å². The van der Waals surface area contributed by atoms with E-state index in [1.54, 1.807) is 0 Å². The van der Waals surface area contributed by atoms with Gasteiger partial charge in [-0.15, -0.1) is 0 Å². The van der Waals surface area contributed by atoms with E-state index < -0.39 is 0 Å². The maximum atomic E-state index is 12.0. The van der Waals surface area contributed by atoms with E-state index in [4.69, 9.17) is 4.74 Å². The zero-order valence-corrected chi connectivity index (χ0v) is 11.7. The number of rotatable bonds is 6. The fourth-order valence-electron chi connectivity index (χ4n) is 2.45. The summed E-state index contributed by atoms with van der Waals surface area (Å²) in [6.45, 7) is 3.09. The van der Waals surface area contributed by atoms with Crippen LogP contribution in [0.1, 0.15) is 26.2 Å². The third-order valence-corrected chi connectivity index (χ3v) is 3.64. The Labute approximate surface area is 114 Å².